The third kappa shape index (κ3) is 3.37. The summed E-state index contributed by atoms with van der Waals surface area (Å²) in [5.74, 6) is 0.814. The first-order chi connectivity index (χ1) is 7.54. The minimum atomic E-state index is 0.121. The predicted molar refractivity (Wildman–Crippen MR) is 69.2 cm³/mol. The maximum absolute atomic E-state index is 11.1. The van der Waals surface area contributed by atoms with Crippen LogP contribution in [0, 0.1) is 5.92 Å². The van der Waals surface area contributed by atoms with Gasteiger partial charge >= 0.3 is 0 Å². The molecule has 0 radical (unpaired) electrons. The van der Waals surface area contributed by atoms with Crippen molar-refractivity contribution >= 4 is 11.5 Å². The van der Waals surface area contributed by atoms with Gasteiger partial charge in [-0.3, -0.25) is 4.79 Å². The van der Waals surface area contributed by atoms with Crippen molar-refractivity contribution in [3.8, 4) is 0 Å². The lowest BCUT2D eigenvalue weighted by atomic mass is 10.1. The molecule has 1 unspecified atom stereocenters. The van der Waals surface area contributed by atoms with Gasteiger partial charge in [0.25, 0.3) is 0 Å². The molecule has 0 N–H and O–H groups in total. The topological polar surface area (TPSA) is 20.3 Å². The van der Waals surface area contributed by atoms with Crippen LogP contribution in [-0.2, 0) is 0 Å². The lowest BCUT2D eigenvalue weighted by Gasteiger charge is -2.22. The molecule has 0 bridgehead atoms. The molecule has 0 aliphatic heterocycles. The third-order valence-electron chi connectivity index (χ3n) is 3.00. The average molecular weight is 219 g/mol. The zero-order valence-corrected chi connectivity index (χ0v) is 10.7. The molecule has 1 rings (SSSR count). The monoisotopic (exact) mass is 219 g/mol. The van der Waals surface area contributed by atoms with E-state index in [1.807, 2.05) is 24.3 Å². The summed E-state index contributed by atoms with van der Waals surface area (Å²) in [4.78, 5) is 13.4. The standard InChI is InChI=1S/C14H21NO/c1-5-11(2)10-15(4)14-8-6-13(7-9-14)12(3)16/h6-9,11H,5,10H2,1-4H3. The van der Waals surface area contributed by atoms with E-state index in [2.05, 4.69) is 25.8 Å². The van der Waals surface area contributed by atoms with E-state index in [0.29, 0.717) is 5.92 Å². The second kappa shape index (κ2) is 5.69. The van der Waals surface area contributed by atoms with Crippen LogP contribution in [0.2, 0.25) is 0 Å². The van der Waals surface area contributed by atoms with Crippen LogP contribution in [0.25, 0.3) is 0 Å². The van der Waals surface area contributed by atoms with Gasteiger partial charge in [0.2, 0.25) is 0 Å². The van der Waals surface area contributed by atoms with Gasteiger partial charge in [0.05, 0.1) is 0 Å². The van der Waals surface area contributed by atoms with E-state index in [0.717, 1.165) is 12.1 Å². The van der Waals surface area contributed by atoms with Gasteiger partial charge in [-0.25, -0.2) is 0 Å². The molecule has 0 saturated carbocycles. The number of hydrogen-bond acceptors (Lipinski definition) is 2. The summed E-state index contributed by atoms with van der Waals surface area (Å²) in [6.07, 6.45) is 1.19. The first kappa shape index (κ1) is 12.8. The Labute approximate surface area is 98.3 Å². The number of anilines is 1. The van der Waals surface area contributed by atoms with Gasteiger partial charge in [-0.05, 0) is 37.1 Å². The molecule has 0 spiro atoms. The highest BCUT2D eigenvalue weighted by molar-refractivity contribution is 5.94. The molecule has 0 fully saturated rings. The Balaban J connectivity index is 2.70. The molecule has 0 amide bonds. The third-order valence-corrected chi connectivity index (χ3v) is 3.00. The van der Waals surface area contributed by atoms with Gasteiger partial charge in [-0.1, -0.05) is 20.3 Å². The average Bonchev–Trinajstić information content (AvgIpc) is 2.28. The Kier molecular flexibility index (Phi) is 4.53. The summed E-state index contributed by atoms with van der Waals surface area (Å²) in [5.41, 5.74) is 1.95. The number of benzene rings is 1. The molecule has 1 aromatic carbocycles. The maximum atomic E-state index is 11.1. The minimum absolute atomic E-state index is 0.121. The molecule has 2 heteroatoms. The van der Waals surface area contributed by atoms with Crippen LogP contribution in [0.3, 0.4) is 0 Å². The molecule has 0 aliphatic carbocycles. The molecule has 2 nitrogen and oxygen atoms in total. The van der Waals surface area contributed by atoms with Crippen LogP contribution < -0.4 is 4.90 Å². The van der Waals surface area contributed by atoms with E-state index < -0.39 is 0 Å². The Morgan fingerprint density at radius 3 is 2.31 bits per heavy atom. The van der Waals surface area contributed by atoms with Gasteiger partial charge in [-0.2, -0.15) is 0 Å². The zero-order chi connectivity index (χ0) is 12.1. The van der Waals surface area contributed by atoms with E-state index in [1.54, 1.807) is 6.92 Å². The van der Waals surface area contributed by atoms with Crippen molar-refractivity contribution in [3.05, 3.63) is 29.8 Å². The van der Waals surface area contributed by atoms with E-state index in [-0.39, 0.29) is 5.78 Å². The van der Waals surface area contributed by atoms with Crippen LogP contribution in [0.5, 0.6) is 0 Å². The normalized spacial score (nSPS) is 12.2. The Hall–Kier alpha value is -1.31. The smallest absolute Gasteiger partial charge is 0.159 e. The lowest BCUT2D eigenvalue weighted by Crippen LogP contribution is -2.23. The van der Waals surface area contributed by atoms with E-state index in [1.165, 1.54) is 12.1 Å². The minimum Gasteiger partial charge on any atom is -0.374 e. The first-order valence-corrected chi connectivity index (χ1v) is 5.86. The van der Waals surface area contributed by atoms with Crippen LogP contribution in [0.1, 0.15) is 37.6 Å². The second-order valence-corrected chi connectivity index (χ2v) is 4.50. The van der Waals surface area contributed by atoms with Crippen molar-refractivity contribution in [3.63, 3.8) is 0 Å². The highest BCUT2D eigenvalue weighted by atomic mass is 16.1. The van der Waals surface area contributed by atoms with Crippen molar-refractivity contribution in [2.24, 2.45) is 5.92 Å². The van der Waals surface area contributed by atoms with Crippen molar-refractivity contribution < 1.29 is 4.79 Å². The summed E-state index contributed by atoms with van der Waals surface area (Å²) in [6.45, 7) is 7.10. The molecular weight excluding hydrogens is 198 g/mol. The van der Waals surface area contributed by atoms with Crippen LogP contribution in [0.15, 0.2) is 24.3 Å². The van der Waals surface area contributed by atoms with E-state index >= 15 is 0 Å². The fourth-order valence-corrected chi connectivity index (χ4v) is 1.65. The van der Waals surface area contributed by atoms with E-state index in [9.17, 15) is 4.79 Å². The lowest BCUT2D eigenvalue weighted by molar-refractivity contribution is 0.101. The van der Waals surface area contributed by atoms with Crippen LogP contribution >= 0.6 is 0 Å². The SMILES string of the molecule is CCC(C)CN(C)c1ccc(C(C)=O)cc1. The van der Waals surface area contributed by atoms with Crippen LogP contribution in [0.4, 0.5) is 5.69 Å². The van der Waals surface area contributed by atoms with Gasteiger partial charge in [0.1, 0.15) is 0 Å². The fourth-order valence-electron chi connectivity index (χ4n) is 1.65. The van der Waals surface area contributed by atoms with E-state index in [4.69, 9.17) is 0 Å². The molecule has 16 heavy (non-hydrogen) atoms. The first-order valence-electron chi connectivity index (χ1n) is 5.86. The zero-order valence-electron chi connectivity index (χ0n) is 10.7. The summed E-state index contributed by atoms with van der Waals surface area (Å²) in [6, 6.07) is 7.81. The Morgan fingerprint density at radius 2 is 1.88 bits per heavy atom. The highest BCUT2D eigenvalue weighted by Gasteiger charge is 2.06. The second-order valence-electron chi connectivity index (χ2n) is 4.50. The fraction of sp³-hybridized carbons (Fsp3) is 0.500. The van der Waals surface area contributed by atoms with Crippen molar-refractivity contribution in [2.45, 2.75) is 27.2 Å². The van der Waals surface area contributed by atoms with Gasteiger partial charge in [0.15, 0.2) is 5.78 Å². The van der Waals surface area contributed by atoms with Crippen molar-refractivity contribution in [1.82, 2.24) is 0 Å². The molecule has 1 aromatic rings. The summed E-state index contributed by atoms with van der Waals surface area (Å²) >= 11 is 0. The van der Waals surface area contributed by atoms with Gasteiger partial charge in [-0.15, -0.1) is 0 Å². The number of Topliss-reactive ketones (excluding diaryl/α,β-unsaturated/α-hetero) is 1. The molecule has 0 saturated heterocycles. The van der Waals surface area contributed by atoms with Gasteiger partial charge in [0, 0.05) is 24.8 Å². The number of carbonyl (C=O) groups is 1. The Morgan fingerprint density at radius 1 is 1.31 bits per heavy atom. The molecular formula is C14H21NO. The molecule has 1 atom stereocenters. The van der Waals surface area contributed by atoms with Gasteiger partial charge < -0.3 is 4.90 Å². The van der Waals surface area contributed by atoms with Crippen molar-refractivity contribution in [1.29, 1.82) is 0 Å². The molecule has 0 heterocycles. The molecule has 0 aromatic heterocycles. The predicted octanol–water partition coefficient (Wildman–Crippen LogP) is 3.37. The number of rotatable bonds is 5. The quantitative estimate of drug-likeness (QED) is 0.708. The largest absolute Gasteiger partial charge is 0.374 e. The van der Waals surface area contributed by atoms with Crippen molar-refractivity contribution in [2.75, 3.05) is 18.5 Å². The summed E-state index contributed by atoms with van der Waals surface area (Å²) < 4.78 is 0. The number of carbonyl (C=O) groups excluding carboxylic acids is 1. The Bertz CT molecular complexity index is 342. The number of hydrogen-bond donors (Lipinski definition) is 0. The highest BCUT2D eigenvalue weighted by Crippen LogP contribution is 2.16. The number of ketones is 1. The maximum Gasteiger partial charge on any atom is 0.159 e. The molecule has 88 valence electrons. The summed E-state index contributed by atoms with van der Waals surface area (Å²) in [7, 11) is 2.09. The molecule has 0 aliphatic rings. The van der Waals surface area contributed by atoms with Crippen LogP contribution in [-0.4, -0.2) is 19.4 Å². The summed E-state index contributed by atoms with van der Waals surface area (Å²) in [5, 5.41) is 0. The number of nitrogens with zero attached hydrogens (tertiary/aromatic N) is 1.